The fraction of sp³-hybridized carbons (Fsp3) is 0.211. The van der Waals surface area contributed by atoms with Gasteiger partial charge in [-0.1, -0.05) is 18.2 Å². The zero-order valence-electron chi connectivity index (χ0n) is 13.7. The number of nitrogens with one attached hydrogen (secondary N) is 1. The van der Waals surface area contributed by atoms with Crippen LogP contribution in [-0.2, 0) is 9.59 Å². The van der Waals surface area contributed by atoms with Crippen LogP contribution in [-0.4, -0.2) is 58.3 Å². The number of fused-ring (bicyclic) bond motifs is 3. The molecule has 6 heteroatoms. The van der Waals surface area contributed by atoms with E-state index in [0.717, 1.165) is 33.9 Å². The van der Waals surface area contributed by atoms with Crippen LogP contribution in [0.4, 0.5) is 0 Å². The summed E-state index contributed by atoms with van der Waals surface area (Å²) in [6.07, 6.45) is 5.93. The van der Waals surface area contributed by atoms with Crippen LogP contribution in [0.25, 0.3) is 27.9 Å². The van der Waals surface area contributed by atoms with Crippen molar-refractivity contribution in [3.8, 4) is 0 Å². The fourth-order valence-electron chi connectivity index (χ4n) is 3.17. The number of carbonyl (C=O) groups excluding carboxylic acids is 2. The topological polar surface area (TPSA) is 69.3 Å². The van der Waals surface area contributed by atoms with Gasteiger partial charge in [-0.25, -0.2) is 0 Å². The van der Waals surface area contributed by atoms with E-state index in [2.05, 4.69) is 16.0 Å². The quantitative estimate of drug-likeness (QED) is 0.588. The summed E-state index contributed by atoms with van der Waals surface area (Å²) < 4.78 is 0. The van der Waals surface area contributed by atoms with E-state index in [1.54, 1.807) is 28.1 Å². The van der Waals surface area contributed by atoms with E-state index in [4.69, 9.17) is 0 Å². The van der Waals surface area contributed by atoms with Crippen molar-refractivity contribution in [3.63, 3.8) is 0 Å². The maximum atomic E-state index is 12.3. The van der Waals surface area contributed by atoms with Crippen molar-refractivity contribution in [3.05, 3.63) is 48.3 Å². The molecule has 1 fully saturated rings. The normalized spacial score (nSPS) is 15.4. The van der Waals surface area contributed by atoms with Crippen molar-refractivity contribution in [1.82, 2.24) is 19.8 Å². The molecule has 1 aromatic carbocycles. The molecule has 0 aliphatic carbocycles. The molecule has 0 unspecified atom stereocenters. The molecule has 126 valence electrons. The number of aromatic nitrogens is 2. The van der Waals surface area contributed by atoms with Crippen molar-refractivity contribution in [1.29, 1.82) is 0 Å². The second-order valence-electron chi connectivity index (χ2n) is 6.13. The Morgan fingerprint density at radius 1 is 1.08 bits per heavy atom. The Balaban J connectivity index is 1.54. The van der Waals surface area contributed by atoms with Crippen LogP contribution >= 0.6 is 0 Å². The van der Waals surface area contributed by atoms with Crippen LogP contribution in [0.5, 0.6) is 0 Å². The molecular weight excluding hydrogens is 316 g/mol. The van der Waals surface area contributed by atoms with E-state index < -0.39 is 0 Å². The fourth-order valence-corrected chi connectivity index (χ4v) is 3.17. The lowest BCUT2D eigenvalue weighted by Gasteiger charge is -2.31. The molecule has 1 aliphatic rings. The van der Waals surface area contributed by atoms with E-state index >= 15 is 0 Å². The van der Waals surface area contributed by atoms with Crippen molar-refractivity contribution in [2.75, 3.05) is 26.2 Å². The highest BCUT2D eigenvalue weighted by Crippen LogP contribution is 2.25. The van der Waals surface area contributed by atoms with Gasteiger partial charge in [0.1, 0.15) is 0 Å². The predicted molar refractivity (Wildman–Crippen MR) is 96.9 cm³/mol. The number of nitrogens with zero attached hydrogens (tertiary/aromatic N) is 3. The number of benzene rings is 1. The zero-order chi connectivity index (χ0) is 17.2. The van der Waals surface area contributed by atoms with E-state index in [9.17, 15) is 9.59 Å². The number of para-hydroxylation sites is 1. The second kappa shape index (κ2) is 6.39. The van der Waals surface area contributed by atoms with E-state index in [1.165, 1.54) is 0 Å². The predicted octanol–water partition coefficient (Wildman–Crippen LogP) is 2.03. The zero-order valence-corrected chi connectivity index (χ0v) is 13.7. The third-order valence-electron chi connectivity index (χ3n) is 4.58. The Bertz CT molecular complexity index is 968. The molecule has 1 aliphatic heterocycles. The summed E-state index contributed by atoms with van der Waals surface area (Å²) in [6, 6.07) is 10.1. The summed E-state index contributed by atoms with van der Waals surface area (Å²) in [7, 11) is 0. The summed E-state index contributed by atoms with van der Waals surface area (Å²) in [5, 5.41) is 2.24. The monoisotopic (exact) mass is 334 g/mol. The maximum Gasteiger partial charge on any atom is 0.246 e. The first-order valence-corrected chi connectivity index (χ1v) is 8.27. The minimum absolute atomic E-state index is 0.0497. The lowest BCUT2D eigenvalue weighted by Crippen LogP contribution is -2.47. The van der Waals surface area contributed by atoms with Gasteiger partial charge in [-0.3, -0.25) is 14.6 Å². The van der Waals surface area contributed by atoms with Gasteiger partial charge in [0.25, 0.3) is 0 Å². The molecule has 2 amide bonds. The summed E-state index contributed by atoms with van der Waals surface area (Å²) in [5.41, 5.74) is 2.80. The van der Waals surface area contributed by atoms with Crippen LogP contribution < -0.4 is 0 Å². The van der Waals surface area contributed by atoms with Crippen LogP contribution in [0.15, 0.2) is 42.6 Å². The number of piperazine rings is 1. The van der Waals surface area contributed by atoms with Crippen molar-refractivity contribution in [2.45, 2.75) is 0 Å². The maximum absolute atomic E-state index is 12.3. The summed E-state index contributed by atoms with van der Waals surface area (Å²) in [6.45, 7) is 2.30. The largest absolute Gasteiger partial charge is 0.353 e. The SMILES string of the molecule is O=CN1CCN(C(=O)/C=C/c2cc3c(cn2)[nH]c2ccccc23)CC1. The number of carbonyl (C=O) groups is 2. The standard InChI is InChI=1S/C19H18N4O2/c24-13-22-7-9-23(10-8-22)19(25)6-5-14-11-16-15-3-1-2-4-17(15)21-18(16)12-20-14/h1-6,11-13,21H,7-10H2/b6-5+. The molecule has 4 rings (SSSR count). The number of H-pyrrole nitrogens is 1. The highest BCUT2D eigenvalue weighted by molar-refractivity contribution is 6.07. The smallest absolute Gasteiger partial charge is 0.246 e. The van der Waals surface area contributed by atoms with Crippen molar-refractivity contribution < 1.29 is 9.59 Å². The van der Waals surface area contributed by atoms with Gasteiger partial charge in [0, 0.05) is 48.5 Å². The Labute approximate surface area is 144 Å². The van der Waals surface area contributed by atoms with Gasteiger partial charge in [0.15, 0.2) is 0 Å². The second-order valence-corrected chi connectivity index (χ2v) is 6.13. The first-order chi connectivity index (χ1) is 12.2. The highest BCUT2D eigenvalue weighted by Gasteiger charge is 2.18. The first-order valence-electron chi connectivity index (χ1n) is 8.27. The number of rotatable bonds is 3. The molecule has 0 spiro atoms. The lowest BCUT2D eigenvalue weighted by molar-refractivity contribution is -0.130. The molecule has 0 radical (unpaired) electrons. The molecule has 6 nitrogen and oxygen atoms in total. The Kier molecular flexibility index (Phi) is 3.93. The number of hydrogen-bond acceptors (Lipinski definition) is 3. The minimum atomic E-state index is -0.0497. The summed E-state index contributed by atoms with van der Waals surface area (Å²) >= 11 is 0. The van der Waals surface area contributed by atoms with Gasteiger partial charge in [-0.15, -0.1) is 0 Å². The van der Waals surface area contributed by atoms with Gasteiger partial charge >= 0.3 is 0 Å². The van der Waals surface area contributed by atoms with Gasteiger partial charge < -0.3 is 14.8 Å². The molecule has 1 saturated heterocycles. The molecular formula is C19H18N4O2. The molecule has 3 aromatic rings. The average Bonchev–Trinajstić information content (AvgIpc) is 3.04. The molecule has 2 aromatic heterocycles. The third-order valence-corrected chi connectivity index (χ3v) is 4.58. The first kappa shape index (κ1) is 15.4. The Hall–Kier alpha value is -3.15. The summed E-state index contributed by atoms with van der Waals surface area (Å²) in [4.78, 5) is 34.2. The van der Waals surface area contributed by atoms with Gasteiger partial charge in [0.2, 0.25) is 12.3 Å². The van der Waals surface area contributed by atoms with E-state index in [0.29, 0.717) is 26.2 Å². The van der Waals surface area contributed by atoms with Crippen LogP contribution in [0.1, 0.15) is 5.69 Å². The van der Waals surface area contributed by atoms with Crippen molar-refractivity contribution in [2.24, 2.45) is 0 Å². The van der Waals surface area contributed by atoms with Crippen molar-refractivity contribution >= 4 is 40.2 Å². The third kappa shape index (κ3) is 2.98. The Morgan fingerprint density at radius 2 is 1.88 bits per heavy atom. The Morgan fingerprint density at radius 3 is 2.68 bits per heavy atom. The number of hydrogen-bond donors (Lipinski definition) is 1. The highest BCUT2D eigenvalue weighted by atomic mass is 16.2. The lowest BCUT2D eigenvalue weighted by atomic mass is 10.1. The minimum Gasteiger partial charge on any atom is -0.353 e. The van der Waals surface area contributed by atoms with Crippen LogP contribution in [0, 0.1) is 0 Å². The average molecular weight is 334 g/mol. The summed E-state index contributed by atoms with van der Waals surface area (Å²) in [5.74, 6) is -0.0497. The molecule has 0 saturated carbocycles. The van der Waals surface area contributed by atoms with Gasteiger partial charge in [-0.05, 0) is 18.2 Å². The number of pyridine rings is 1. The van der Waals surface area contributed by atoms with Crippen LogP contribution in [0.3, 0.4) is 0 Å². The molecule has 3 heterocycles. The van der Waals surface area contributed by atoms with Crippen LogP contribution in [0.2, 0.25) is 0 Å². The van der Waals surface area contributed by atoms with E-state index in [1.807, 2.05) is 24.3 Å². The molecule has 25 heavy (non-hydrogen) atoms. The van der Waals surface area contributed by atoms with E-state index in [-0.39, 0.29) is 5.91 Å². The molecule has 1 N–H and O–H groups in total. The number of aromatic amines is 1. The van der Waals surface area contributed by atoms with Gasteiger partial charge in [0.05, 0.1) is 17.4 Å². The van der Waals surface area contributed by atoms with Gasteiger partial charge in [-0.2, -0.15) is 0 Å². The number of amides is 2. The molecule has 0 bridgehead atoms. The molecule has 0 atom stereocenters.